The molecule has 0 bridgehead atoms. The van der Waals surface area contributed by atoms with E-state index in [0.717, 1.165) is 40.0 Å². The zero-order valence-electron chi connectivity index (χ0n) is 16.5. The van der Waals surface area contributed by atoms with Gasteiger partial charge in [0.15, 0.2) is 0 Å². The lowest BCUT2D eigenvalue weighted by Gasteiger charge is -2.23. The fourth-order valence-corrected chi connectivity index (χ4v) is 5.07. The predicted octanol–water partition coefficient (Wildman–Crippen LogP) is 5.50. The van der Waals surface area contributed by atoms with Gasteiger partial charge in [0, 0.05) is 10.9 Å². The highest BCUT2D eigenvalue weighted by atomic mass is 32.2. The molecular formula is C22H26N2O3S2. The summed E-state index contributed by atoms with van der Waals surface area (Å²) in [6.45, 7) is 2.10. The van der Waals surface area contributed by atoms with Gasteiger partial charge in [-0.15, -0.1) is 11.8 Å². The Kier molecular flexibility index (Phi) is 8.00. The smallest absolute Gasteiger partial charge is 0.335 e. The summed E-state index contributed by atoms with van der Waals surface area (Å²) in [7, 11) is 0. The summed E-state index contributed by atoms with van der Waals surface area (Å²) in [5.74, 6) is -0.110. The second-order valence-corrected chi connectivity index (χ2v) is 9.27. The van der Waals surface area contributed by atoms with Crippen LogP contribution in [0, 0.1) is 0 Å². The minimum Gasteiger partial charge on any atom is -0.478 e. The Morgan fingerprint density at radius 3 is 2.69 bits per heavy atom. The Balaban J connectivity index is 1.78. The van der Waals surface area contributed by atoms with Crippen molar-refractivity contribution in [1.82, 2.24) is 10.3 Å². The van der Waals surface area contributed by atoms with Crippen LogP contribution in [0.25, 0.3) is 0 Å². The van der Waals surface area contributed by atoms with E-state index in [4.69, 9.17) is 4.98 Å². The lowest BCUT2D eigenvalue weighted by molar-refractivity contribution is 0.0696. The molecule has 1 fully saturated rings. The van der Waals surface area contributed by atoms with Crippen LogP contribution < -0.4 is 5.32 Å². The molecule has 0 unspecified atom stereocenters. The minimum atomic E-state index is -0.950. The van der Waals surface area contributed by atoms with Crippen molar-refractivity contribution in [3.05, 3.63) is 47.5 Å². The highest BCUT2D eigenvalue weighted by molar-refractivity contribution is 8.00. The molecule has 1 aliphatic rings. The molecule has 1 aromatic carbocycles. The molecule has 1 aromatic heterocycles. The molecule has 7 heteroatoms. The number of carboxylic acids is 1. The number of pyridine rings is 1. The monoisotopic (exact) mass is 430 g/mol. The number of thioether (sulfide) groups is 1. The Morgan fingerprint density at radius 2 is 1.97 bits per heavy atom. The van der Waals surface area contributed by atoms with E-state index in [1.807, 2.05) is 18.2 Å². The van der Waals surface area contributed by atoms with Gasteiger partial charge in [0.1, 0.15) is 10.1 Å². The number of amides is 1. The molecule has 1 saturated carbocycles. The van der Waals surface area contributed by atoms with Gasteiger partial charge in [0.2, 0.25) is 0 Å². The van der Waals surface area contributed by atoms with E-state index in [1.165, 1.54) is 31.0 Å². The molecule has 2 N–H and O–H groups in total. The van der Waals surface area contributed by atoms with E-state index in [9.17, 15) is 14.7 Å². The van der Waals surface area contributed by atoms with Gasteiger partial charge < -0.3 is 10.4 Å². The molecule has 0 aliphatic heterocycles. The van der Waals surface area contributed by atoms with Gasteiger partial charge in [-0.25, -0.2) is 9.78 Å². The summed E-state index contributed by atoms with van der Waals surface area (Å²) in [5, 5.41) is 13.8. The molecular weight excluding hydrogens is 404 g/mol. The number of hydrogen-bond acceptors (Lipinski definition) is 5. The number of hydrogen-bond donors (Lipinski definition) is 2. The van der Waals surface area contributed by atoms with E-state index in [2.05, 4.69) is 12.2 Å². The second-order valence-electron chi connectivity index (χ2n) is 7.09. The number of carbonyl (C=O) groups excluding carboxylic acids is 1. The third-order valence-corrected chi connectivity index (χ3v) is 6.89. The van der Waals surface area contributed by atoms with Crippen LogP contribution in [-0.4, -0.2) is 33.8 Å². The summed E-state index contributed by atoms with van der Waals surface area (Å²) in [5.41, 5.74) is 0.872. The average molecular weight is 431 g/mol. The number of benzene rings is 1. The molecule has 154 valence electrons. The van der Waals surface area contributed by atoms with Crippen LogP contribution in [0.5, 0.6) is 0 Å². The first kappa shape index (κ1) is 21.7. The maximum Gasteiger partial charge on any atom is 0.335 e. The number of nitrogens with zero attached hydrogens (tertiary/aromatic N) is 1. The third kappa shape index (κ3) is 6.24. The first-order valence-electron chi connectivity index (χ1n) is 10.0. The molecule has 1 aliphatic carbocycles. The van der Waals surface area contributed by atoms with E-state index >= 15 is 0 Å². The molecule has 2 aromatic rings. The summed E-state index contributed by atoms with van der Waals surface area (Å²) in [4.78, 5) is 29.6. The van der Waals surface area contributed by atoms with Crippen molar-refractivity contribution in [3.8, 4) is 0 Å². The number of aromatic carboxylic acids is 1. The lowest BCUT2D eigenvalue weighted by atomic mass is 9.95. The summed E-state index contributed by atoms with van der Waals surface area (Å²) in [6, 6.07) is 10.7. The van der Waals surface area contributed by atoms with Crippen molar-refractivity contribution in [1.29, 1.82) is 0 Å². The lowest BCUT2D eigenvalue weighted by Crippen LogP contribution is -2.36. The zero-order valence-corrected chi connectivity index (χ0v) is 18.2. The predicted molar refractivity (Wildman–Crippen MR) is 117 cm³/mol. The molecule has 3 rings (SSSR count). The largest absolute Gasteiger partial charge is 0.478 e. The minimum absolute atomic E-state index is 0.0487. The van der Waals surface area contributed by atoms with Crippen molar-refractivity contribution < 1.29 is 14.7 Å². The van der Waals surface area contributed by atoms with E-state index < -0.39 is 5.97 Å². The topological polar surface area (TPSA) is 79.3 Å². The van der Waals surface area contributed by atoms with Gasteiger partial charge in [0.25, 0.3) is 5.91 Å². The van der Waals surface area contributed by atoms with Crippen LogP contribution in [0.15, 0.2) is 51.3 Å². The molecule has 1 amide bonds. The fraction of sp³-hybridized carbons (Fsp3) is 0.409. The Bertz CT molecular complexity index is 867. The third-order valence-electron chi connectivity index (χ3n) is 4.77. The van der Waals surface area contributed by atoms with Crippen LogP contribution in [0.1, 0.15) is 66.2 Å². The second kappa shape index (κ2) is 10.7. The molecule has 29 heavy (non-hydrogen) atoms. The van der Waals surface area contributed by atoms with Gasteiger partial charge >= 0.3 is 5.97 Å². The molecule has 0 radical (unpaired) electrons. The van der Waals surface area contributed by atoms with Crippen molar-refractivity contribution in [2.45, 2.75) is 66.4 Å². The molecule has 0 atom stereocenters. The number of aromatic nitrogens is 1. The van der Waals surface area contributed by atoms with Crippen molar-refractivity contribution in [3.63, 3.8) is 0 Å². The molecule has 5 nitrogen and oxygen atoms in total. The van der Waals surface area contributed by atoms with Gasteiger partial charge in [-0.1, -0.05) is 44.0 Å². The van der Waals surface area contributed by atoms with Crippen LogP contribution in [-0.2, 0) is 0 Å². The van der Waals surface area contributed by atoms with Gasteiger partial charge in [-0.3, -0.25) is 4.79 Å². The normalized spacial score (nSPS) is 14.5. The summed E-state index contributed by atoms with van der Waals surface area (Å²) < 4.78 is 0. The van der Waals surface area contributed by atoms with Gasteiger partial charge in [0.05, 0.1) is 11.1 Å². The highest BCUT2D eigenvalue weighted by Gasteiger charge is 2.20. The maximum absolute atomic E-state index is 12.8. The van der Waals surface area contributed by atoms with Gasteiger partial charge in [-0.05, 0) is 55.3 Å². The van der Waals surface area contributed by atoms with E-state index in [0.29, 0.717) is 5.56 Å². The Morgan fingerprint density at radius 1 is 1.17 bits per heavy atom. The zero-order chi connectivity index (χ0) is 20.6. The first-order chi connectivity index (χ1) is 14.1. The highest BCUT2D eigenvalue weighted by Crippen LogP contribution is 2.31. The Hall–Kier alpha value is -1.99. The number of carbonyl (C=O) groups is 2. The van der Waals surface area contributed by atoms with Gasteiger partial charge in [-0.2, -0.15) is 0 Å². The number of rotatable bonds is 8. The molecule has 0 spiro atoms. The van der Waals surface area contributed by atoms with Crippen LogP contribution in [0.4, 0.5) is 0 Å². The average Bonchev–Trinajstić information content (AvgIpc) is 2.73. The van der Waals surface area contributed by atoms with E-state index in [-0.39, 0.29) is 17.5 Å². The van der Waals surface area contributed by atoms with Crippen molar-refractivity contribution >= 4 is 35.4 Å². The van der Waals surface area contributed by atoms with Crippen LogP contribution >= 0.6 is 23.5 Å². The quantitative estimate of drug-likeness (QED) is 0.539. The van der Waals surface area contributed by atoms with E-state index in [1.54, 1.807) is 30.0 Å². The fourth-order valence-electron chi connectivity index (χ4n) is 3.29. The van der Waals surface area contributed by atoms with Crippen molar-refractivity contribution in [2.24, 2.45) is 0 Å². The Labute approximate surface area is 180 Å². The maximum atomic E-state index is 12.8. The number of nitrogens with one attached hydrogen (secondary N) is 1. The van der Waals surface area contributed by atoms with Crippen LogP contribution in [0.2, 0.25) is 0 Å². The molecule has 0 saturated heterocycles. The number of carboxylic acid groups (broad SMARTS) is 1. The summed E-state index contributed by atoms with van der Waals surface area (Å²) in [6.07, 6.45) is 6.68. The van der Waals surface area contributed by atoms with Crippen LogP contribution in [0.3, 0.4) is 0 Å². The first-order valence-corrected chi connectivity index (χ1v) is 11.8. The van der Waals surface area contributed by atoms with Crippen molar-refractivity contribution in [2.75, 3.05) is 5.75 Å². The summed E-state index contributed by atoms with van der Waals surface area (Å²) >= 11 is 2.99. The molecule has 1 heterocycles. The standard InChI is InChI=1S/C22H26N2O3S2/c1-2-13-28-21-18(20(25)23-16-8-4-3-5-9-16)11-12-19(24-21)29-17-10-6-7-15(14-17)22(26)27/h6-7,10-12,14,16H,2-5,8-9,13H2,1H3,(H,23,25)(H,26,27). The SMILES string of the molecule is CCCSc1nc(Sc2cccc(C(=O)O)c2)ccc1C(=O)NC1CCCCC1.